The molecule has 0 radical (unpaired) electrons. The Morgan fingerprint density at radius 1 is 1.12 bits per heavy atom. The van der Waals surface area contributed by atoms with Crippen molar-refractivity contribution in [3.8, 4) is 11.5 Å². The monoisotopic (exact) mass is 320 g/mol. The molecule has 0 atom stereocenters. The molecule has 0 fully saturated rings. The maximum absolute atomic E-state index is 11.8. The number of aryl methyl sites for hydroxylation is 1. The highest BCUT2D eigenvalue weighted by atomic mass is 16.5. The molecule has 5 heteroatoms. The Morgan fingerprint density at radius 3 is 2.75 bits per heavy atom. The number of rotatable bonds is 5. The normalized spacial score (nSPS) is 10.9. The second-order valence-electron chi connectivity index (χ2n) is 5.22. The maximum atomic E-state index is 11.8. The first-order valence-electron chi connectivity index (χ1n) is 7.50. The second-order valence-corrected chi connectivity index (χ2v) is 5.22. The lowest BCUT2D eigenvalue weighted by Crippen LogP contribution is -2.00. The molecule has 120 valence electrons. The molecule has 24 heavy (non-hydrogen) atoms. The van der Waals surface area contributed by atoms with Gasteiger partial charge in [0.25, 0.3) is 5.89 Å². The zero-order valence-electron chi connectivity index (χ0n) is 13.2. The van der Waals surface area contributed by atoms with Crippen molar-refractivity contribution in [3.63, 3.8) is 0 Å². The molecule has 2 aromatic carbocycles. The minimum atomic E-state index is -0.462. The summed E-state index contributed by atoms with van der Waals surface area (Å²) in [6.45, 7) is 1.94. The lowest BCUT2D eigenvalue weighted by molar-refractivity contribution is -0.139. The van der Waals surface area contributed by atoms with Crippen molar-refractivity contribution >= 4 is 12.0 Å². The summed E-state index contributed by atoms with van der Waals surface area (Å²) in [5, 5.41) is 7.82. The molecule has 0 unspecified atom stereocenters. The van der Waals surface area contributed by atoms with Gasteiger partial charge in [-0.15, -0.1) is 10.2 Å². The third-order valence-corrected chi connectivity index (χ3v) is 3.28. The predicted octanol–water partition coefficient (Wildman–Crippen LogP) is 3.80. The third kappa shape index (κ3) is 4.16. The van der Waals surface area contributed by atoms with Crippen molar-refractivity contribution in [2.45, 2.75) is 13.5 Å². The van der Waals surface area contributed by atoms with Crippen molar-refractivity contribution < 1.29 is 13.9 Å². The lowest BCUT2D eigenvalue weighted by Gasteiger charge is -1.98. The van der Waals surface area contributed by atoms with Crippen LogP contribution in [-0.4, -0.2) is 16.2 Å². The van der Waals surface area contributed by atoms with Crippen LogP contribution in [0.5, 0.6) is 0 Å². The van der Waals surface area contributed by atoms with E-state index in [0.29, 0.717) is 5.89 Å². The van der Waals surface area contributed by atoms with Crippen LogP contribution in [0.3, 0.4) is 0 Å². The Hall–Kier alpha value is -3.21. The van der Waals surface area contributed by atoms with E-state index in [-0.39, 0.29) is 12.5 Å². The van der Waals surface area contributed by atoms with Gasteiger partial charge in [0.05, 0.1) is 0 Å². The summed E-state index contributed by atoms with van der Waals surface area (Å²) in [5.74, 6) is 0.194. The maximum Gasteiger partial charge on any atom is 0.331 e. The SMILES string of the molecule is Cc1cccc(C=CC(=O)OCc2nnc(-c3ccccc3)o2)c1. The molecular weight excluding hydrogens is 304 g/mol. The van der Waals surface area contributed by atoms with Gasteiger partial charge in [-0.3, -0.25) is 0 Å². The van der Waals surface area contributed by atoms with Gasteiger partial charge in [0.2, 0.25) is 5.89 Å². The molecule has 3 aromatic rings. The Balaban J connectivity index is 1.56. The fraction of sp³-hybridized carbons (Fsp3) is 0.105. The molecule has 0 saturated carbocycles. The molecule has 0 saturated heterocycles. The van der Waals surface area contributed by atoms with E-state index >= 15 is 0 Å². The van der Waals surface area contributed by atoms with Crippen LogP contribution in [0, 0.1) is 6.92 Å². The molecule has 5 nitrogen and oxygen atoms in total. The summed E-state index contributed by atoms with van der Waals surface area (Å²) in [6, 6.07) is 17.2. The fourth-order valence-electron chi connectivity index (χ4n) is 2.13. The number of carbonyl (C=O) groups excluding carboxylic acids is 1. The first-order valence-corrected chi connectivity index (χ1v) is 7.50. The van der Waals surface area contributed by atoms with Gasteiger partial charge in [-0.05, 0) is 30.7 Å². The molecular formula is C19H16N2O3. The van der Waals surface area contributed by atoms with Gasteiger partial charge in [0.15, 0.2) is 6.61 Å². The van der Waals surface area contributed by atoms with E-state index in [2.05, 4.69) is 10.2 Å². The smallest absolute Gasteiger partial charge is 0.331 e. The first kappa shape index (κ1) is 15.7. The standard InChI is InChI=1S/C19H16N2O3/c1-14-6-5-7-15(12-14)10-11-18(22)23-13-17-20-21-19(24-17)16-8-3-2-4-9-16/h2-12H,13H2,1H3. The van der Waals surface area contributed by atoms with Crippen LogP contribution in [-0.2, 0) is 16.1 Å². The molecule has 0 aliphatic carbocycles. The number of ether oxygens (including phenoxy) is 1. The quantitative estimate of drug-likeness (QED) is 0.528. The van der Waals surface area contributed by atoms with Crippen LogP contribution >= 0.6 is 0 Å². The second kappa shape index (κ2) is 7.37. The summed E-state index contributed by atoms with van der Waals surface area (Å²) in [6.07, 6.45) is 3.09. The predicted molar refractivity (Wildman–Crippen MR) is 89.7 cm³/mol. The number of esters is 1. The molecule has 0 aliphatic rings. The largest absolute Gasteiger partial charge is 0.452 e. The van der Waals surface area contributed by atoms with Crippen molar-refractivity contribution in [2.75, 3.05) is 0 Å². The average Bonchev–Trinajstić information content (AvgIpc) is 3.08. The van der Waals surface area contributed by atoms with E-state index < -0.39 is 5.97 Å². The number of hydrogen-bond donors (Lipinski definition) is 0. The van der Waals surface area contributed by atoms with Gasteiger partial charge < -0.3 is 9.15 Å². The van der Waals surface area contributed by atoms with Gasteiger partial charge in [-0.1, -0.05) is 48.0 Å². The summed E-state index contributed by atoms with van der Waals surface area (Å²) in [7, 11) is 0. The van der Waals surface area contributed by atoms with Gasteiger partial charge in [0.1, 0.15) is 0 Å². The number of benzene rings is 2. The average molecular weight is 320 g/mol. The Bertz CT molecular complexity index is 854. The number of aromatic nitrogens is 2. The zero-order chi connectivity index (χ0) is 16.8. The molecule has 0 aliphatic heterocycles. The van der Waals surface area contributed by atoms with E-state index in [1.165, 1.54) is 6.08 Å². The summed E-state index contributed by atoms with van der Waals surface area (Å²) in [5.41, 5.74) is 2.89. The molecule has 1 aromatic heterocycles. The van der Waals surface area contributed by atoms with E-state index in [1.807, 2.05) is 61.5 Å². The van der Waals surface area contributed by atoms with Crippen LogP contribution in [0.15, 0.2) is 65.1 Å². The molecule has 0 amide bonds. The van der Waals surface area contributed by atoms with E-state index in [4.69, 9.17) is 9.15 Å². The first-order chi connectivity index (χ1) is 11.7. The van der Waals surface area contributed by atoms with Crippen LogP contribution in [0.1, 0.15) is 17.0 Å². The van der Waals surface area contributed by atoms with Crippen molar-refractivity contribution in [1.82, 2.24) is 10.2 Å². The number of hydrogen-bond acceptors (Lipinski definition) is 5. The minimum Gasteiger partial charge on any atom is -0.452 e. The van der Waals surface area contributed by atoms with Crippen LogP contribution in [0.2, 0.25) is 0 Å². The zero-order valence-corrected chi connectivity index (χ0v) is 13.2. The lowest BCUT2D eigenvalue weighted by atomic mass is 10.1. The van der Waals surface area contributed by atoms with Crippen molar-refractivity contribution in [1.29, 1.82) is 0 Å². The van der Waals surface area contributed by atoms with Crippen LogP contribution < -0.4 is 0 Å². The highest BCUT2D eigenvalue weighted by Crippen LogP contribution is 2.17. The summed E-state index contributed by atoms with van der Waals surface area (Å²) < 4.78 is 10.6. The van der Waals surface area contributed by atoms with E-state index in [1.54, 1.807) is 6.08 Å². The van der Waals surface area contributed by atoms with Crippen LogP contribution in [0.4, 0.5) is 0 Å². The van der Waals surface area contributed by atoms with Crippen molar-refractivity contribution in [3.05, 3.63) is 77.7 Å². The highest BCUT2D eigenvalue weighted by molar-refractivity contribution is 5.87. The van der Waals surface area contributed by atoms with E-state index in [0.717, 1.165) is 16.7 Å². The third-order valence-electron chi connectivity index (χ3n) is 3.28. The molecule has 0 bridgehead atoms. The minimum absolute atomic E-state index is 0.0587. The number of nitrogens with zero attached hydrogens (tertiary/aromatic N) is 2. The van der Waals surface area contributed by atoms with E-state index in [9.17, 15) is 4.79 Å². The Kier molecular flexibility index (Phi) is 4.81. The van der Waals surface area contributed by atoms with Crippen LogP contribution in [0.25, 0.3) is 17.5 Å². The van der Waals surface area contributed by atoms with Gasteiger partial charge in [-0.25, -0.2) is 4.79 Å². The van der Waals surface area contributed by atoms with Crippen molar-refractivity contribution in [2.24, 2.45) is 0 Å². The molecule has 1 heterocycles. The summed E-state index contributed by atoms with van der Waals surface area (Å²) in [4.78, 5) is 11.8. The highest BCUT2D eigenvalue weighted by Gasteiger charge is 2.09. The molecule has 0 spiro atoms. The van der Waals surface area contributed by atoms with Gasteiger partial charge in [0, 0.05) is 11.6 Å². The topological polar surface area (TPSA) is 65.2 Å². The number of carbonyl (C=O) groups is 1. The summed E-state index contributed by atoms with van der Waals surface area (Å²) >= 11 is 0. The Labute approximate surface area is 139 Å². The molecule has 3 rings (SSSR count). The fourth-order valence-corrected chi connectivity index (χ4v) is 2.13. The van der Waals surface area contributed by atoms with Gasteiger partial charge in [-0.2, -0.15) is 0 Å². The Morgan fingerprint density at radius 2 is 1.96 bits per heavy atom. The van der Waals surface area contributed by atoms with Gasteiger partial charge >= 0.3 is 5.97 Å². The molecule has 0 N–H and O–H groups in total.